The van der Waals surface area contributed by atoms with Gasteiger partial charge in [-0.25, -0.2) is 9.18 Å². The number of hydrogen-bond acceptors (Lipinski definition) is 3. The number of carboxylic acids is 1. The Kier molecular flexibility index (Phi) is 6.26. The average Bonchev–Trinajstić information content (AvgIpc) is 2.56. The molecule has 122 valence electrons. The SMILES string of the molecule is O=C(O)c1ccc(CNCC(CO)Cc2ccc(F)cc2)cc1. The molecule has 4 nitrogen and oxygen atoms in total. The van der Waals surface area contributed by atoms with Crippen molar-refractivity contribution < 1.29 is 19.4 Å². The third-order valence-electron chi connectivity index (χ3n) is 3.66. The van der Waals surface area contributed by atoms with E-state index in [4.69, 9.17) is 5.11 Å². The number of nitrogens with one attached hydrogen (secondary N) is 1. The fraction of sp³-hybridized carbons (Fsp3) is 0.278. The van der Waals surface area contributed by atoms with E-state index in [0.29, 0.717) is 19.5 Å². The van der Waals surface area contributed by atoms with Crippen LogP contribution >= 0.6 is 0 Å². The zero-order valence-corrected chi connectivity index (χ0v) is 12.7. The number of aliphatic hydroxyl groups excluding tert-OH is 1. The summed E-state index contributed by atoms with van der Waals surface area (Å²) in [7, 11) is 0. The molecule has 3 N–H and O–H groups in total. The van der Waals surface area contributed by atoms with Crippen molar-refractivity contribution in [3.8, 4) is 0 Å². The lowest BCUT2D eigenvalue weighted by Crippen LogP contribution is -2.26. The molecule has 0 amide bonds. The molecule has 5 heteroatoms. The fourth-order valence-electron chi connectivity index (χ4n) is 2.34. The molecule has 0 aliphatic heterocycles. The molecule has 0 heterocycles. The second kappa shape index (κ2) is 8.41. The van der Waals surface area contributed by atoms with Crippen molar-refractivity contribution in [2.24, 2.45) is 5.92 Å². The predicted molar refractivity (Wildman–Crippen MR) is 85.8 cm³/mol. The molecule has 0 saturated carbocycles. The molecule has 0 fully saturated rings. The molecule has 23 heavy (non-hydrogen) atoms. The topological polar surface area (TPSA) is 69.6 Å². The molecule has 0 aliphatic rings. The van der Waals surface area contributed by atoms with E-state index in [9.17, 15) is 14.3 Å². The summed E-state index contributed by atoms with van der Waals surface area (Å²) in [5.41, 5.74) is 2.23. The number of carboxylic acid groups (broad SMARTS) is 1. The maximum absolute atomic E-state index is 12.9. The number of aromatic carboxylic acids is 1. The summed E-state index contributed by atoms with van der Waals surface area (Å²) >= 11 is 0. The van der Waals surface area contributed by atoms with Gasteiger partial charge in [0.2, 0.25) is 0 Å². The second-order valence-corrected chi connectivity index (χ2v) is 5.51. The predicted octanol–water partition coefficient (Wildman–Crippen LogP) is 2.46. The molecule has 1 unspecified atom stereocenters. The van der Waals surface area contributed by atoms with Crippen LogP contribution in [-0.2, 0) is 13.0 Å². The minimum Gasteiger partial charge on any atom is -0.478 e. The Bertz CT molecular complexity index is 626. The van der Waals surface area contributed by atoms with Crippen LogP contribution in [0.1, 0.15) is 21.5 Å². The van der Waals surface area contributed by atoms with Crippen LogP contribution in [0.15, 0.2) is 48.5 Å². The lowest BCUT2D eigenvalue weighted by Gasteiger charge is -2.15. The van der Waals surface area contributed by atoms with E-state index in [0.717, 1.165) is 11.1 Å². The van der Waals surface area contributed by atoms with Crippen LogP contribution < -0.4 is 5.32 Å². The molecule has 0 aromatic heterocycles. The van der Waals surface area contributed by atoms with Gasteiger partial charge in [-0.1, -0.05) is 24.3 Å². The molecule has 0 saturated heterocycles. The minimum absolute atomic E-state index is 0.0405. The lowest BCUT2D eigenvalue weighted by atomic mass is 10.00. The zero-order chi connectivity index (χ0) is 16.7. The van der Waals surface area contributed by atoms with Crippen molar-refractivity contribution in [2.45, 2.75) is 13.0 Å². The summed E-state index contributed by atoms with van der Waals surface area (Å²) in [5, 5.41) is 21.6. The highest BCUT2D eigenvalue weighted by Gasteiger charge is 2.09. The molecule has 0 aliphatic carbocycles. The molecule has 2 aromatic rings. The van der Waals surface area contributed by atoms with Crippen molar-refractivity contribution in [3.05, 3.63) is 71.0 Å². The maximum atomic E-state index is 12.9. The standard InChI is InChI=1S/C18H20FNO3/c19-17-7-3-13(4-8-17)9-15(12-21)11-20-10-14-1-5-16(6-2-14)18(22)23/h1-8,15,20-21H,9-12H2,(H,22,23). The molecule has 1 atom stereocenters. The molecule has 2 aromatic carbocycles. The largest absolute Gasteiger partial charge is 0.478 e. The monoisotopic (exact) mass is 317 g/mol. The van der Waals surface area contributed by atoms with Crippen LogP contribution in [0, 0.1) is 11.7 Å². The van der Waals surface area contributed by atoms with Gasteiger partial charge in [0.25, 0.3) is 0 Å². The van der Waals surface area contributed by atoms with E-state index >= 15 is 0 Å². The summed E-state index contributed by atoms with van der Waals surface area (Å²) in [5.74, 6) is -1.17. The molecular formula is C18H20FNO3. The molecule has 0 bridgehead atoms. The van der Waals surface area contributed by atoms with Gasteiger partial charge in [0.05, 0.1) is 5.56 Å². The number of aliphatic hydroxyl groups is 1. The Morgan fingerprint density at radius 2 is 1.65 bits per heavy atom. The van der Waals surface area contributed by atoms with E-state index in [-0.39, 0.29) is 23.9 Å². The summed E-state index contributed by atoms with van der Waals surface area (Å²) in [6, 6.07) is 13.0. The van der Waals surface area contributed by atoms with E-state index in [1.807, 2.05) is 0 Å². The van der Waals surface area contributed by atoms with Gasteiger partial charge in [-0.15, -0.1) is 0 Å². The summed E-state index contributed by atoms with van der Waals surface area (Å²) in [4.78, 5) is 10.8. The number of carbonyl (C=O) groups is 1. The van der Waals surface area contributed by atoms with Gasteiger partial charge in [-0.3, -0.25) is 0 Å². The van der Waals surface area contributed by atoms with Gasteiger partial charge < -0.3 is 15.5 Å². The van der Waals surface area contributed by atoms with Crippen molar-refractivity contribution in [1.29, 1.82) is 0 Å². The van der Waals surface area contributed by atoms with Gasteiger partial charge >= 0.3 is 5.97 Å². The zero-order valence-electron chi connectivity index (χ0n) is 12.7. The van der Waals surface area contributed by atoms with E-state index in [2.05, 4.69) is 5.32 Å². The van der Waals surface area contributed by atoms with E-state index in [1.165, 1.54) is 12.1 Å². The quantitative estimate of drug-likeness (QED) is 0.699. The van der Waals surface area contributed by atoms with Crippen LogP contribution in [0.2, 0.25) is 0 Å². The van der Waals surface area contributed by atoms with Gasteiger partial charge in [-0.2, -0.15) is 0 Å². The number of benzene rings is 2. The normalized spacial score (nSPS) is 12.1. The van der Waals surface area contributed by atoms with E-state index < -0.39 is 5.97 Å². The van der Waals surface area contributed by atoms with Gasteiger partial charge in [-0.05, 0) is 47.7 Å². The van der Waals surface area contributed by atoms with Crippen molar-refractivity contribution in [1.82, 2.24) is 5.32 Å². The first kappa shape index (κ1) is 17.1. The van der Waals surface area contributed by atoms with Crippen molar-refractivity contribution in [2.75, 3.05) is 13.2 Å². The van der Waals surface area contributed by atoms with Crippen molar-refractivity contribution >= 4 is 5.97 Å². The average molecular weight is 317 g/mol. The molecule has 0 spiro atoms. The van der Waals surface area contributed by atoms with Crippen LogP contribution in [0.4, 0.5) is 4.39 Å². The number of rotatable bonds is 8. The molecule has 2 rings (SSSR count). The highest BCUT2D eigenvalue weighted by Crippen LogP contribution is 2.10. The Labute approximate surface area is 134 Å². The Morgan fingerprint density at radius 1 is 1.04 bits per heavy atom. The first-order chi connectivity index (χ1) is 11.1. The lowest BCUT2D eigenvalue weighted by molar-refractivity contribution is 0.0697. The maximum Gasteiger partial charge on any atom is 0.335 e. The minimum atomic E-state index is -0.941. The summed E-state index contributed by atoms with van der Waals surface area (Å²) in [6.45, 7) is 1.26. The Morgan fingerprint density at radius 3 is 2.22 bits per heavy atom. The van der Waals surface area contributed by atoms with Gasteiger partial charge in [0, 0.05) is 19.7 Å². The van der Waals surface area contributed by atoms with Crippen molar-refractivity contribution in [3.63, 3.8) is 0 Å². The smallest absolute Gasteiger partial charge is 0.335 e. The fourth-order valence-corrected chi connectivity index (χ4v) is 2.34. The van der Waals surface area contributed by atoms with Crippen LogP contribution in [0.5, 0.6) is 0 Å². The summed E-state index contributed by atoms with van der Waals surface area (Å²) in [6.07, 6.45) is 0.668. The third-order valence-corrected chi connectivity index (χ3v) is 3.66. The van der Waals surface area contributed by atoms with Crippen LogP contribution in [-0.4, -0.2) is 29.3 Å². The van der Waals surface area contributed by atoms with Gasteiger partial charge in [0.15, 0.2) is 0 Å². The Balaban J connectivity index is 1.81. The van der Waals surface area contributed by atoms with Crippen LogP contribution in [0.3, 0.4) is 0 Å². The second-order valence-electron chi connectivity index (χ2n) is 5.51. The summed E-state index contributed by atoms with van der Waals surface area (Å²) < 4.78 is 12.9. The highest BCUT2D eigenvalue weighted by atomic mass is 19.1. The first-order valence-corrected chi connectivity index (χ1v) is 7.46. The number of halogens is 1. The van der Waals surface area contributed by atoms with Gasteiger partial charge in [0.1, 0.15) is 5.82 Å². The van der Waals surface area contributed by atoms with E-state index in [1.54, 1.807) is 36.4 Å². The first-order valence-electron chi connectivity index (χ1n) is 7.46. The number of hydrogen-bond donors (Lipinski definition) is 3. The highest BCUT2D eigenvalue weighted by molar-refractivity contribution is 5.87. The Hall–Kier alpha value is -2.24. The third kappa shape index (κ3) is 5.47. The molecule has 0 radical (unpaired) electrons. The van der Waals surface area contributed by atoms with Crippen LogP contribution in [0.25, 0.3) is 0 Å². The molecular weight excluding hydrogens is 297 g/mol.